The van der Waals surface area contributed by atoms with Gasteiger partial charge in [0, 0.05) is 18.4 Å². The molecule has 0 fully saturated rings. The number of rotatable bonds is 4. The van der Waals surface area contributed by atoms with Crippen LogP contribution in [-0.2, 0) is 0 Å². The van der Waals surface area contributed by atoms with E-state index in [0.29, 0.717) is 5.02 Å². The van der Waals surface area contributed by atoms with E-state index in [9.17, 15) is 0 Å². The summed E-state index contributed by atoms with van der Waals surface area (Å²) in [4.78, 5) is 4.10. The lowest BCUT2D eigenvalue weighted by molar-refractivity contribution is 0.476. The lowest BCUT2D eigenvalue weighted by Crippen LogP contribution is -2.31. The summed E-state index contributed by atoms with van der Waals surface area (Å²) >= 11 is 6.21. The summed E-state index contributed by atoms with van der Waals surface area (Å²) in [6.07, 6.45) is 5.12. The minimum atomic E-state index is -0.226. The molecular weight excluding hydrogens is 250 g/mol. The third-order valence-corrected chi connectivity index (χ3v) is 3.03. The Balaban J connectivity index is 2.48. The predicted molar refractivity (Wildman–Crippen MR) is 71.0 cm³/mol. The molecule has 0 spiro atoms. The smallest absolute Gasteiger partial charge is 0.0908 e. The van der Waals surface area contributed by atoms with Crippen molar-refractivity contribution in [2.24, 2.45) is 5.84 Å². The van der Waals surface area contributed by atoms with Crippen molar-refractivity contribution in [3.8, 4) is 0 Å². The monoisotopic (exact) mass is 265 g/mol. The quantitative estimate of drug-likeness (QED) is 0.656. The maximum absolute atomic E-state index is 6.21. The van der Waals surface area contributed by atoms with E-state index in [1.165, 1.54) is 0 Å². The van der Waals surface area contributed by atoms with Gasteiger partial charge >= 0.3 is 0 Å². The number of hydrazine groups is 1. The topological polar surface area (TPSA) is 68.8 Å². The molecule has 3 N–H and O–H groups in total. The normalized spacial score (nSPS) is 12.9. The highest BCUT2D eigenvalue weighted by atomic mass is 35.5. The first kappa shape index (κ1) is 13.0. The molecule has 0 amide bonds. The maximum atomic E-state index is 6.21. The first-order valence-electron chi connectivity index (χ1n) is 5.74. The molecule has 6 heteroatoms. The van der Waals surface area contributed by atoms with Gasteiger partial charge in [0.05, 0.1) is 23.0 Å². The summed E-state index contributed by atoms with van der Waals surface area (Å²) in [7, 11) is 0. The number of pyridine rings is 1. The number of halogens is 1. The van der Waals surface area contributed by atoms with Crippen LogP contribution in [-0.4, -0.2) is 14.8 Å². The van der Waals surface area contributed by atoms with Gasteiger partial charge in [-0.3, -0.25) is 15.5 Å². The number of nitrogens with one attached hydrogen (secondary N) is 1. The predicted octanol–water partition coefficient (Wildman–Crippen LogP) is 2.07. The standard InChI is InChI=1S/C12H16ClN5/c1-8(2)18-12(10(13)7-16-18)11(17-14)9-4-3-5-15-6-9/h3-8,11,17H,14H2,1-2H3. The fourth-order valence-corrected chi connectivity index (χ4v) is 2.15. The second-order valence-electron chi connectivity index (χ2n) is 4.30. The van der Waals surface area contributed by atoms with Gasteiger partial charge in [0.15, 0.2) is 0 Å². The van der Waals surface area contributed by atoms with E-state index in [2.05, 4.69) is 15.5 Å². The van der Waals surface area contributed by atoms with Crippen LogP contribution >= 0.6 is 11.6 Å². The number of aromatic nitrogens is 3. The van der Waals surface area contributed by atoms with E-state index in [-0.39, 0.29) is 12.1 Å². The summed E-state index contributed by atoms with van der Waals surface area (Å²) in [6, 6.07) is 3.80. The number of nitrogens with two attached hydrogens (primary N) is 1. The largest absolute Gasteiger partial charge is 0.271 e. The van der Waals surface area contributed by atoms with E-state index >= 15 is 0 Å². The zero-order valence-corrected chi connectivity index (χ0v) is 11.1. The Hall–Kier alpha value is -1.43. The molecule has 0 saturated heterocycles. The lowest BCUT2D eigenvalue weighted by Gasteiger charge is -2.20. The van der Waals surface area contributed by atoms with Crippen molar-refractivity contribution in [3.63, 3.8) is 0 Å². The molecule has 96 valence electrons. The van der Waals surface area contributed by atoms with Crippen molar-refractivity contribution in [1.82, 2.24) is 20.2 Å². The average molecular weight is 266 g/mol. The van der Waals surface area contributed by atoms with Gasteiger partial charge in [-0.25, -0.2) is 5.43 Å². The highest BCUT2D eigenvalue weighted by molar-refractivity contribution is 6.31. The van der Waals surface area contributed by atoms with E-state index < -0.39 is 0 Å². The number of hydrogen-bond donors (Lipinski definition) is 2. The SMILES string of the molecule is CC(C)n1ncc(Cl)c1C(NN)c1cccnc1. The van der Waals surface area contributed by atoms with Gasteiger partial charge in [-0.1, -0.05) is 17.7 Å². The van der Waals surface area contributed by atoms with E-state index in [1.807, 2.05) is 30.7 Å². The highest BCUT2D eigenvalue weighted by Crippen LogP contribution is 2.29. The second kappa shape index (κ2) is 5.48. The summed E-state index contributed by atoms with van der Waals surface area (Å²) in [5.41, 5.74) is 4.57. The van der Waals surface area contributed by atoms with Crippen molar-refractivity contribution in [2.75, 3.05) is 0 Å². The highest BCUT2D eigenvalue weighted by Gasteiger charge is 2.22. The van der Waals surface area contributed by atoms with Crippen LogP contribution in [0.15, 0.2) is 30.7 Å². The summed E-state index contributed by atoms with van der Waals surface area (Å²) in [5.74, 6) is 5.66. The van der Waals surface area contributed by atoms with Crippen molar-refractivity contribution in [3.05, 3.63) is 47.0 Å². The van der Waals surface area contributed by atoms with Gasteiger partial charge in [0.2, 0.25) is 0 Å². The van der Waals surface area contributed by atoms with Crippen LogP contribution in [0.4, 0.5) is 0 Å². The Morgan fingerprint density at radius 3 is 2.72 bits per heavy atom. The van der Waals surface area contributed by atoms with Crippen LogP contribution in [0.5, 0.6) is 0 Å². The zero-order valence-electron chi connectivity index (χ0n) is 10.3. The first-order chi connectivity index (χ1) is 8.65. The van der Waals surface area contributed by atoms with Crippen LogP contribution in [0.2, 0.25) is 5.02 Å². The lowest BCUT2D eigenvalue weighted by atomic mass is 10.1. The van der Waals surface area contributed by atoms with Crippen molar-refractivity contribution in [2.45, 2.75) is 25.9 Å². The number of nitrogens with zero attached hydrogens (tertiary/aromatic N) is 3. The molecule has 2 rings (SSSR count). The van der Waals surface area contributed by atoms with E-state index in [1.54, 1.807) is 18.6 Å². The minimum absolute atomic E-state index is 0.208. The molecule has 1 atom stereocenters. The Morgan fingerprint density at radius 2 is 2.17 bits per heavy atom. The average Bonchev–Trinajstić information content (AvgIpc) is 2.74. The molecule has 2 aromatic rings. The van der Waals surface area contributed by atoms with Crippen molar-refractivity contribution >= 4 is 11.6 Å². The van der Waals surface area contributed by atoms with Crippen molar-refractivity contribution in [1.29, 1.82) is 0 Å². The molecule has 0 aliphatic rings. The van der Waals surface area contributed by atoms with Crippen LogP contribution in [0, 0.1) is 0 Å². The molecule has 0 aromatic carbocycles. The molecule has 0 aliphatic heterocycles. The van der Waals surface area contributed by atoms with Gasteiger partial charge in [-0.15, -0.1) is 0 Å². The van der Waals surface area contributed by atoms with Gasteiger partial charge in [-0.05, 0) is 25.5 Å². The Labute approximate surface area is 111 Å². The van der Waals surface area contributed by atoms with Crippen LogP contribution in [0.25, 0.3) is 0 Å². The zero-order chi connectivity index (χ0) is 13.1. The van der Waals surface area contributed by atoms with Gasteiger partial charge in [-0.2, -0.15) is 5.10 Å². The minimum Gasteiger partial charge on any atom is -0.271 e. The molecule has 18 heavy (non-hydrogen) atoms. The van der Waals surface area contributed by atoms with Gasteiger partial charge < -0.3 is 0 Å². The molecule has 0 radical (unpaired) electrons. The van der Waals surface area contributed by atoms with Crippen LogP contribution < -0.4 is 11.3 Å². The third-order valence-electron chi connectivity index (χ3n) is 2.73. The van der Waals surface area contributed by atoms with E-state index in [4.69, 9.17) is 17.4 Å². The molecule has 0 aliphatic carbocycles. The fourth-order valence-electron chi connectivity index (χ4n) is 1.91. The Bertz CT molecular complexity index is 508. The van der Waals surface area contributed by atoms with Crippen molar-refractivity contribution < 1.29 is 0 Å². The molecule has 0 bridgehead atoms. The van der Waals surface area contributed by atoms with Gasteiger partial charge in [0.25, 0.3) is 0 Å². The molecule has 1 unspecified atom stereocenters. The van der Waals surface area contributed by atoms with Crippen LogP contribution in [0.1, 0.15) is 37.2 Å². The second-order valence-corrected chi connectivity index (χ2v) is 4.71. The maximum Gasteiger partial charge on any atom is 0.0908 e. The first-order valence-corrected chi connectivity index (χ1v) is 6.12. The molecule has 0 saturated carbocycles. The number of hydrogen-bond acceptors (Lipinski definition) is 4. The fraction of sp³-hybridized carbons (Fsp3) is 0.333. The Morgan fingerprint density at radius 1 is 1.39 bits per heavy atom. The molecule has 5 nitrogen and oxygen atoms in total. The van der Waals surface area contributed by atoms with Crippen LogP contribution in [0.3, 0.4) is 0 Å². The summed E-state index contributed by atoms with van der Waals surface area (Å²) in [6.45, 7) is 4.09. The summed E-state index contributed by atoms with van der Waals surface area (Å²) in [5, 5.41) is 4.87. The molecular formula is C12H16ClN5. The Kier molecular flexibility index (Phi) is 3.96. The summed E-state index contributed by atoms with van der Waals surface area (Å²) < 4.78 is 1.86. The molecule has 2 heterocycles. The third kappa shape index (κ3) is 2.38. The van der Waals surface area contributed by atoms with Gasteiger partial charge in [0.1, 0.15) is 0 Å². The van der Waals surface area contributed by atoms with E-state index in [0.717, 1.165) is 11.3 Å². The molecule has 2 aromatic heterocycles.